The summed E-state index contributed by atoms with van der Waals surface area (Å²) in [6.07, 6.45) is 9.20. The molecule has 0 unspecified atom stereocenters. The molecule has 1 aliphatic carbocycles. The van der Waals surface area contributed by atoms with Gasteiger partial charge in [0.05, 0.1) is 12.1 Å². The van der Waals surface area contributed by atoms with Gasteiger partial charge in [-0.1, -0.05) is 32.1 Å². The molecule has 1 aliphatic rings. The van der Waals surface area contributed by atoms with E-state index in [4.69, 9.17) is 0 Å². The van der Waals surface area contributed by atoms with Gasteiger partial charge in [0.2, 0.25) is 0 Å². The van der Waals surface area contributed by atoms with Crippen LogP contribution in [0.4, 0.5) is 0 Å². The molecule has 2 aromatic rings. The van der Waals surface area contributed by atoms with Gasteiger partial charge in [0.25, 0.3) is 5.56 Å². The van der Waals surface area contributed by atoms with Gasteiger partial charge in [-0.3, -0.25) is 4.79 Å². The van der Waals surface area contributed by atoms with Crippen LogP contribution in [0, 0.1) is 0 Å². The Hall–Kier alpha value is -1.20. The van der Waals surface area contributed by atoms with E-state index in [9.17, 15) is 4.79 Å². The molecule has 2 N–H and O–H groups in total. The molecule has 3 rings (SSSR count). The summed E-state index contributed by atoms with van der Waals surface area (Å²) in [6, 6.07) is 2.48. The largest absolute Gasteiger partial charge is 0.308 e. The summed E-state index contributed by atoms with van der Waals surface area (Å²) in [5.41, 5.74) is 0.799. The zero-order valence-electron chi connectivity index (χ0n) is 11.7. The van der Waals surface area contributed by atoms with E-state index >= 15 is 0 Å². The lowest BCUT2D eigenvalue weighted by Crippen LogP contribution is -2.30. The molecule has 1 saturated carbocycles. The van der Waals surface area contributed by atoms with Crippen molar-refractivity contribution >= 4 is 21.6 Å². The van der Waals surface area contributed by atoms with Gasteiger partial charge in [0.1, 0.15) is 10.5 Å². The number of hydrogen-bond donors (Lipinski definition) is 2. The van der Waals surface area contributed by atoms with Crippen molar-refractivity contribution in [1.82, 2.24) is 15.3 Å². The second kappa shape index (κ2) is 6.50. The Bertz CT molecular complexity index is 611. The second-order valence-electron chi connectivity index (χ2n) is 5.57. The molecule has 4 nitrogen and oxygen atoms in total. The molecule has 0 aliphatic heterocycles. The lowest BCUT2D eigenvalue weighted by Gasteiger charge is -2.20. The minimum atomic E-state index is -0.0144. The molecule has 0 amide bonds. The summed E-state index contributed by atoms with van der Waals surface area (Å²) < 4.78 is 0.722. The molecular formula is C15H21N3OS. The van der Waals surface area contributed by atoms with Crippen molar-refractivity contribution in [1.29, 1.82) is 0 Å². The maximum absolute atomic E-state index is 11.9. The normalized spacial score (nSPS) is 18.0. The molecule has 0 radical (unpaired) electrons. The van der Waals surface area contributed by atoms with E-state index in [0.717, 1.165) is 16.0 Å². The third-order valence-electron chi connectivity index (χ3n) is 4.03. The molecule has 0 aromatic carbocycles. The first-order valence-electron chi connectivity index (χ1n) is 7.53. The maximum atomic E-state index is 11.9. The van der Waals surface area contributed by atoms with Crippen molar-refractivity contribution in [2.75, 3.05) is 0 Å². The molecule has 0 spiro atoms. The smallest absolute Gasteiger partial charge is 0.268 e. The van der Waals surface area contributed by atoms with Gasteiger partial charge in [0.15, 0.2) is 0 Å². The Morgan fingerprint density at radius 3 is 2.80 bits per heavy atom. The van der Waals surface area contributed by atoms with Crippen LogP contribution in [0.5, 0.6) is 0 Å². The minimum Gasteiger partial charge on any atom is -0.308 e. The highest BCUT2D eigenvalue weighted by atomic mass is 32.1. The van der Waals surface area contributed by atoms with E-state index in [1.165, 1.54) is 56.3 Å². The number of aromatic amines is 1. The monoisotopic (exact) mass is 291 g/mol. The Kier molecular flexibility index (Phi) is 4.47. The first-order valence-corrected chi connectivity index (χ1v) is 8.41. The SMILES string of the molecule is O=c1[nH]c(CNC2CCCCCCC2)nc2ccsc12. The highest BCUT2D eigenvalue weighted by molar-refractivity contribution is 7.17. The highest BCUT2D eigenvalue weighted by Gasteiger charge is 2.12. The van der Waals surface area contributed by atoms with Crippen molar-refractivity contribution in [2.45, 2.75) is 57.5 Å². The molecule has 0 saturated heterocycles. The van der Waals surface area contributed by atoms with E-state index in [1.807, 2.05) is 11.4 Å². The van der Waals surface area contributed by atoms with Crippen LogP contribution in [0.3, 0.4) is 0 Å². The Morgan fingerprint density at radius 2 is 2.00 bits per heavy atom. The van der Waals surface area contributed by atoms with Crippen molar-refractivity contribution in [3.05, 3.63) is 27.6 Å². The van der Waals surface area contributed by atoms with Gasteiger partial charge in [0, 0.05) is 6.04 Å². The molecule has 5 heteroatoms. The van der Waals surface area contributed by atoms with Crippen molar-refractivity contribution in [3.8, 4) is 0 Å². The van der Waals surface area contributed by atoms with Crippen molar-refractivity contribution in [3.63, 3.8) is 0 Å². The summed E-state index contributed by atoms with van der Waals surface area (Å²) in [6.45, 7) is 0.658. The highest BCUT2D eigenvalue weighted by Crippen LogP contribution is 2.17. The van der Waals surface area contributed by atoms with Crippen LogP contribution < -0.4 is 10.9 Å². The fourth-order valence-corrected chi connectivity index (χ4v) is 3.63. The van der Waals surface area contributed by atoms with Crippen LogP contribution in [0.25, 0.3) is 10.2 Å². The predicted molar refractivity (Wildman–Crippen MR) is 83.2 cm³/mol. The van der Waals surface area contributed by atoms with E-state index in [-0.39, 0.29) is 5.56 Å². The molecule has 2 aromatic heterocycles. The van der Waals surface area contributed by atoms with Gasteiger partial charge in [-0.05, 0) is 24.3 Å². The van der Waals surface area contributed by atoms with E-state index in [2.05, 4.69) is 15.3 Å². The average molecular weight is 291 g/mol. The van der Waals surface area contributed by atoms with Crippen LogP contribution in [0.1, 0.15) is 50.8 Å². The average Bonchev–Trinajstić information content (AvgIpc) is 2.86. The van der Waals surface area contributed by atoms with E-state index in [0.29, 0.717) is 12.6 Å². The summed E-state index contributed by atoms with van der Waals surface area (Å²) in [5.74, 6) is 0.753. The fraction of sp³-hybridized carbons (Fsp3) is 0.600. The lowest BCUT2D eigenvalue weighted by molar-refractivity contribution is 0.386. The first-order chi connectivity index (χ1) is 9.83. The Balaban J connectivity index is 1.65. The third-order valence-corrected chi connectivity index (χ3v) is 4.93. The van der Waals surface area contributed by atoms with Crippen molar-refractivity contribution in [2.24, 2.45) is 0 Å². The molecule has 2 heterocycles. The van der Waals surface area contributed by atoms with Gasteiger partial charge in [-0.25, -0.2) is 4.98 Å². The molecular weight excluding hydrogens is 270 g/mol. The van der Waals surface area contributed by atoms with Crippen molar-refractivity contribution < 1.29 is 0 Å². The summed E-state index contributed by atoms with van der Waals surface area (Å²) in [4.78, 5) is 19.3. The number of nitrogens with one attached hydrogen (secondary N) is 2. The minimum absolute atomic E-state index is 0.0144. The number of hydrogen-bond acceptors (Lipinski definition) is 4. The number of fused-ring (bicyclic) bond motifs is 1. The number of rotatable bonds is 3. The summed E-state index contributed by atoms with van der Waals surface area (Å²) in [5, 5.41) is 5.48. The van der Waals surface area contributed by atoms with Crippen LogP contribution in [-0.2, 0) is 6.54 Å². The Morgan fingerprint density at radius 1 is 1.25 bits per heavy atom. The molecule has 0 bridgehead atoms. The fourth-order valence-electron chi connectivity index (χ4n) is 2.91. The van der Waals surface area contributed by atoms with Crippen LogP contribution in [-0.4, -0.2) is 16.0 Å². The number of nitrogens with zero attached hydrogens (tertiary/aromatic N) is 1. The van der Waals surface area contributed by atoms with E-state index < -0.39 is 0 Å². The number of thiophene rings is 1. The second-order valence-corrected chi connectivity index (χ2v) is 6.49. The molecule has 20 heavy (non-hydrogen) atoms. The standard InChI is InChI=1S/C15H21N3OS/c19-15-14-12(8-9-20-14)17-13(18-15)10-16-11-6-4-2-1-3-5-7-11/h8-9,11,16H,1-7,10H2,(H,17,18,19). The molecule has 1 fully saturated rings. The Labute approximate surface area is 122 Å². The topological polar surface area (TPSA) is 57.8 Å². The molecule has 108 valence electrons. The molecule has 0 atom stereocenters. The summed E-state index contributed by atoms with van der Waals surface area (Å²) >= 11 is 1.45. The summed E-state index contributed by atoms with van der Waals surface area (Å²) in [7, 11) is 0. The van der Waals surface area contributed by atoms with Crippen LogP contribution >= 0.6 is 11.3 Å². The zero-order valence-corrected chi connectivity index (χ0v) is 12.5. The lowest BCUT2D eigenvalue weighted by atomic mass is 9.97. The number of H-pyrrole nitrogens is 1. The number of aromatic nitrogens is 2. The van der Waals surface area contributed by atoms with Gasteiger partial charge in [-0.15, -0.1) is 11.3 Å². The van der Waals surface area contributed by atoms with Gasteiger partial charge < -0.3 is 10.3 Å². The van der Waals surface area contributed by atoms with Gasteiger partial charge >= 0.3 is 0 Å². The van der Waals surface area contributed by atoms with Gasteiger partial charge in [-0.2, -0.15) is 0 Å². The van der Waals surface area contributed by atoms with Crippen LogP contribution in [0.2, 0.25) is 0 Å². The zero-order chi connectivity index (χ0) is 13.8. The van der Waals surface area contributed by atoms with Crippen LogP contribution in [0.15, 0.2) is 16.2 Å². The quantitative estimate of drug-likeness (QED) is 0.913. The predicted octanol–water partition coefficient (Wildman–Crippen LogP) is 3.19. The third kappa shape index (κ3) is 3.27. The maximum Gasteiger partial charge on any atom is 0.268 e. The first kappa shape index (κ1) is 13.8. The van der Waals surface area contributed by atoms with E-state index in [1.54, 1.807) is 0 Å².